The van der Waals surface area contributed by atoms with E-state index in [1.807, 2.05) is 48.5 Å². The van der Waals surface area contributed by atoms with Gasteiger partial charge in [-0.1, -0.05) is 18.2 Å². The summed E-state index contributed by atoms with van der Waals surface area (Å²) in [6, 6.07) is 15.5. The number of benzene rings is 2. The normalized spacial score (nSPS) is 12.6. The lowest BCUT2D eigenvalue weighted by Crippen LogP contribution is -2.12. The molecule has 0 radical (unpaired) electrons. The van der Waals surface area contributed by atoms with Crippen LogP contribution < -0.4 is 10.6 Å². The molecule has 112 valence electrons. The molecule has 0 atom stereocenters. The van der Waals surface area contributed by atoms with E-state index in [2.05, 4.69) is 10.6 Å². The number of thioether (sulfide) groups is 1. The van der Waals surface area contributed by atoms with Gasteiger partial charge in [-0.05, 0) is 35.9 Å². The second-order valence-electron chi connectivity index (χ2n) is 5.06. The van der Waals surface area contributed by atoms with Crippen LogP contribution in [0.2, 0.25) is 0 Å². The SMILES string of the molecule is O=C(CCSc1ccccc1)Nc1ccc2c(c1)CC(=O)N2. The first-order valence-corrected chi connectivity index (χ1v) is 8.10. The van der Waals surface area contributed by atoms with E-state index in [0.717, 1.165) is 27.6 Å². The molecule has 0 unspecified atom stereocenters. The molecule has 4 nitrogen and oxygen atoms in total. The lowest BCUT2D eigenvalue weighted by Gasteiger charge is -2.07. The molecule has 1 aliphatic heterocycles. The number of fused-ring (bicyclic) bond motifs is 1. The average molecular weight is 312 g/mol. The van der Waals surface area contributed by atoms with E-state index < -0.39 is 0 Å². The topological polar surface area (TPSA) is 58.2 Å². The molecule has 0 fully saturated rings. The first-order valence-electron chi connectivity index (χ1n) is 7.11. The molecular formula is C17H16N2O2S. The van der Waals surface area contributed by atoms with Gasteiger partial charge in [0.15, 0.2) is 0 Å². The van der Waals surface area contributed by atoms with Crippen LogP contribution in [0.5, 0.6) is 0 Å². The smallest absolute Gasteiger partial charge is 0.228 e. The van der Waals surface area contributed by atoms with Crippen molar-refractivity contribution in [3.63, 3.8) is 0 Å². The van der Waals surface area contributed by atoms with Gasteiger partial charge in [-0.2, -0.15) is 0 Å². The molecule has 3 rings (SSSR count). The number of amides is 2. The third-order valence-electron chi connectivity index (χ3n) is 3.36. The van der Waals surface area contributed by atoms with Crippen LogP contribution in [0.15, 0.2) is 53.4 Å². The third-order valence-corrected chi connectivity index (χ3v) is 4.37. The van der Waals surface area contributed by atoms with Crippen molar-refractivity contribution in [2.24, 2.45) is 0 Å². The van der Waals surface area contributed by atoms with Gasteiger partial charge in [0, 0.05) is 28.4 Å². The van der Waals surface area contributed by atoms with Crippen LogP contribution in [0, 0.1) is 0 Å². The lowest BCUT2D eigenvalue weighted by molar-refractivity contribution is -0.116. The van der Waals surface area contributed by atoms with Gasteiger partial charge < -0.3 is 10.6 Å². The standard InChI is InChI=1S/C17H16N2O2S/c20-16(8-9-22-14-4-2-1-3-5-14)18-13-6-7-15-12(10-13)11-17(21)19-15/h1-7,10H,8-9,11H2,(H,18,20)(H,19,21). The minimum atomic E-state index is -0.0133. The van der Waals surface area contributed by atoms with Crippen LogP contribution >= 0.6 is 11.8 Å². The van der Waals surface area contributed by atoms with Crippen molar-refractivity contribution in [1.29, 1.82) is 0 Å². The number of rotatable bonds is 5. The molecule has 22 heavy (non-hydrogen) atoms. The van der Waals surface area contributed by atoms with Crippen molar-refractivity contribution in [3.05, 3.63) is 54.1 Å². The van der Waals surface area contributed by atoms with Gasteiger partial charge in [0.2, 0.25) is 11.8 Å². The van der Waals surface area contributed by atoms with Crippen molar-refractivity contribution in [2.45, 2.75) is 17.7 Å². The Morgan fingerprint density at radius 3 is 2.82 bits per heavy atom. The average Bonchev–Trinajstić information content (AvgIpc) is 2.87. The maximum absolute atomic E-state index is 12.0. The Balaban J connectivity index is 1.50. The molecule has 2 aromatic carbocycles. The summed E-state index contributed by atoms with van der Waals surface area (Å²) in [7, 11) is 0. The van der Waals surface area contributed by atoms with Crippen LogP contribution in [0.4, 0.5) is 11.4 Å². The molecule has 0 aliphatic carbocycles. The second-order valence-corrected chi connectivity index (χ2v) is 6.22. The van der Waals surface area contributed by atoms with Crippen LogP contribution in [0.3, 0.4) is 0 Å². The second kappa shape index (κ2) is 6.66. The number of carbonyl (C=O) groups is 2. The molecule has 2 aromatic rings. The zero-order chi connectivity index (χ0) is 15.4. The largest absolute Gasteiger partial charge is 0.326 e. The zero-order valence-electron chi connectivity index (χ0n) is 12.0. The highest BCUT2D eigenvalue weighted by Crippen LogP contribution is 2.26. The molecule has 0 spiro atoms. The highest BCUT2D eigenvalue weighted by molar-refractivity contribution is 7.99. The van der Waals surface area contributed by atoms with E-state index in [0.29, 0.717) is 12.8 Å². The third kappa shape index (κ3) is 3.68. The van der Waals surface area contributed by atoms with Gasteiger partial charge in [0.25, 0.3) is 0 Å². The Bertz CT molecular complexity index is 701. The van der Waals surface area contributed by atoms with E-state index >= 15 is 0 Å². The Morgan fingerprint density at radius 2 is 2.00 bits per heavy atom. The molecule has 2 N–H and O–H groups in total. The van der Waals surface area contributed by atoms with Gasteiger partial charge >= 0.3 is 0 Å². The van der Waals surface area contributed by atoms with Crippen molar-refractivity contribution >= 4 is 35.0 Å². The summed E-state index contributed by atoms with van der Waals surface area (Å²) in [5.41, 5.74) is 2.51. The van der Waals surface area contributed by atoms with Crippen molar-refractivity contribution in [1.82, 2.24) is 0 Å². The van der Waals surface area contributed by atoms with Gasteiger partial charge in [-0.3, -0.25) is 9.59 Å². The molecule has 1 aliphatic rings. The Labute approximate surface area is 133 Å². The summed E-state index contributed by atoms with van der Waals surface area (Å²) in [5, 5.41) is 5.66. The summed E-state index contributed by atoms with van der Waals surface area (Å²) < 4.78 is 0. The number of anilines is 2. The lowest BCUT2D eigenvalue weighted by atomic mass is 10.1. The highest BCUT2D eigenvalue weighted by Gasteiger charge is 2.17. The summed E-state index contributed by atoms with van der Waals surface area (Å²) in [6.45, 7) is 0. The zero-order valence-corrected chi connectivity index (χ0v) is 12.8. The summed E-state index contributed by atoms with van der Waals surface area (Å²) in [6.07, 6.45) is 0.830. The maximum Gasteiger partial charge on any atom is 0.228 e. The Morgan fingerprint density at radius 1 is 1.18 bits per heavy atom. The van der Waals surface area contributed by atoms with Gasteiger partial charge in [-0.25, -0.2) is 0 Å². The van der Waals surface area contributed by atoms with Gasteiger partial charge in [-0.15, -0.1) is 11.8 Å². The number of hydrogen-bond donors (Lipinski definition) is 2. The van der Waals surface area contributed by atoms with Crippen LogP contribution in [-0.4, -0.2) is 17.6 Å². The van der Waals surface area contributed by atoms with Crippen LogP contribution in [0.1, 0.15) is 12.0 Å². The number of hydrogen-bond acceptors (Lipinski definition) is 3. The molecule has 0 saturated heterocycles. The highest BCUT2D eigenvalue weighted by atomic mass is 32.2. The summed E-state index contributed by atoms with van der Waals surface area (Å²) in [5.74, 6) is 0.722. The monoisotopic (exact) mass is 312 g/mol. The molecule has 0 bridgehead atoms. The predicted octanol–water partition coefficient (Wildman–Crippen LogP) is 3.30. The van der Waals surface area contributed by atoms with E-state index in [4.69, 9.17) is 0 Å². The van der Waals surface area contributed by atoms with E-state index in [-0.39, 0.29) is 11.8 Å². The minimum Gasteiger partial charge on any atom is -0.326 e. The van der Waals surface area contributed by atoms with Crippen LogP contribution in [0.25, 0.3) is 0 Å². The van der Waals surface area contributed by atoms with Crippen LogP contribution in [-0.2, 0) is 16.0 Å². The summed E-state index contributed by atoms with van der Waals surface area (Å²) in [4.78, 5) is 24.4. The fourth-order valence-electron chi connectivity index (χ4n) is 2.31. The number of carbonyl (C=O) groups excluding carboxylic acids is 2. The predicted molar refractivity (Wildman–Crippen MR) is 89.2 cm³/mol. The Kier molecular flexibility index (Phi) is 4.44. The molecule has 1 heterocycles. The van der Waals surface area contributed by atoms with Gasteiger partial charge in [0.1, 0.15) is 0 Å². The minimum absolute atomic E-state index is 0.00209. The first-order chi connectivity index (χ1) is 10.7. The molecule has 0 saturated carbocycles. The first kappa shape index (κ1) is 14.7. The van der Waals surface area contributed by atoms with Gasteiger partial charge in [0.05, 0.1) is 6.42 Å². The fraction of sp³-hybridized carbons (Fsp3) is 0.176. The Hall–Kier alpha value is -2.27. The van der Waals surface area contributed by atoms with Crippen molar-refractivity contribution in [2.75, 3.05) is 16.4 Å². The molecule has 0 aromatic heterocycles. The van der Waals surface area contributed by atoms with E-state index in [9.17, 15) is 9.59 Å². The maximum atomic E-state index is 12.0. The fourth-order valence-corrected chi connectivity index (χ4v) is 3.18. The molecule has 2 amide bonds. The van der Waals surface area contributed by atoms with Crippen molar-refractivity contribution in [3.8, 4) is 0 Å². The molecule has 5 heteroatoms. The summed E-state index contributed by atoms with van der Waals surface area (Å²) >= 11 is 1.66. The molecular weight excluding hydrogens is 296 g/mol. The van der Waals surface area contributed by atoms with Crippen molar-refractivity contribution < 1.29 is 9.59 Å². The number of nitrogens with one attached hydrogen (secondary N) is 2. The van der Waals surface area contributed by atoms with E-state index in [1.54, 1.807) is 11.8 Å². The quantitative estimate of drug-likeness (QED) is 0.833. The van der Waals surface area contributed by atoms with E-state index in [1.165, 1.54) is 0 Å².